The number of thiophene rings is 1. The molecule has 0 N–H and O–H groups in total. The molecule has 2 aromatic rings. The summed E-state index contributed by atoms with van der Waals surface area (Å²) in [6.07, 6.45) is 0. The Balaban J connectivity index is 2.41. The molecule has 0 aliphatic heterocycles. The van der Waals surface area contributed by atoms with Crippen LogP contribution in [0, 0.1) is 19.7 Å². The van der Waals surface area contributed by atoms with E-state index in [4.69, 9.17) is 11.6 Å². The van der Waals surface area contributed by atoms with E-state index in [2.05, 4.69) is 0 Å². The smallest absolute Gasteiger partial charge is 0.131 e. The number of rotatable bonds is 2. The molecule has 0 saturated carbocycles. The van der Waals surface area contributed by atoms with E-state index < -0.39 is 5.38 Å². The van der Waals surface area contributed by atoms with Gasteiger partial charge in [0.15, 0.2) is 0 Å². The Morgan fingerprint density at radius 1 is 1.19 bits per heavy atom. The number of benzene rings is 1. The monoisotopic (exact) mass is 254 g/mol. The summed E-state index contributed by atoms with van der Waals surface area (Å²) in [5.41, 5.74) is 1.19. The molecule has 84 valence electrons. The Bertz CT molecular complexity index is 504. The van der Waals surface area contributed by atoms with Crippen LogP contribution in [0.5, 0.6) is 0 Å². The maximum absolute atomic E-state index is 13.9. The summed E-state index contributed by atoms with van der Waals surface area (Å²) >= 11 is 7.90. The van der Waals surface area contributed by atoms with Gasteiger partial charge in [-0.1, -0.05) is 18.2 Å². The van der Waals surface area contributed by atoms with E-state index in [1.54, 1.807) is 30.4 Å². The summed E-state index contributed by atoms with van der Waals surface area (Å²) in [5.74, 6) is -0.200. The molecule has 0 aliphatic rings. The van der Waals surface area contributed by atoms with Gasteiger partial charge in [-0.3, -0.25) is 0 Å². The van der Waals surface area contributed by atoms with Gasteiger partial charge in [-0.05, 0) is 31.5 Å². The lowest BCUT2D eigenvalue weighted by atomic mass is 10.1. The van der Waals surface area contributed by atoms with Crippen molar-refractivity contribution in [3.05, 3.63) is 57.0 Å². The van der Waals surface area contributed by atoms with Gasteiger partial charge in [0.05, 0.1) is 5.38 Å². The lowest BCUT2D eigenvalue weighted by Gasteiger charge is -2.10. The van der Waals surface area contributed by atoms with E-state index >= 15 is 0 Å². The molecule has 0 radical (unpaired) electrons. The van der Waals surface area contributed by atoms with Crippen LogP contribution in [-0.4, -0.2) is 0 Å². The zero-order valence-electron chi connectivity index (χ0n) is 9.13. The summed E-state index contributed by atoms with van der Waals surface area (Å²) in [7, 11) is 0. The third-order valence-corrected chi connectivity index (χ3v) is 4.17. The van der Waals surface area contributed by atoms with Gasteiger partial charge in [0.25, 0.3) is 0 Å². The first-order valence-electron chi connectivity index (χ1n) is 5.05. The molecule has 16 heavy (non-hydrogen) atoms. The van der Waals surface area contributed by atoms with Crippen molar-refractivity contribution < 1.29 is 4.39 Å². The second-order valence-electron chi connectivity index (χ2n) is 3.79. The second kappa shape index (κ2) is 4.56. The van der Waals surface area contributed by atoms with Crippen molar-refractivity contribution in [3.63, 3.8) is 0 Å². The first-order valence-corrected chi connectivity index (χ1v) is 6.30. The van der Waals surface area contributed by atoms with Gasteiger partial charge < -0.3 is 0 Å². The molecule has 0 aliphatic carbocycles. The largest absolute Gasteiger partial charge is 0.206 e. The van der Waals surface area contributed by atoms with Gasteiger partial charge in [-0.2, -0.15) is 0 Å². The molecular formula is C13H12ClFS. The van der Waals surface area contributed by atoms with Crippen molar-refractivity contribution in [1.29, 1.82) is 0 Å². The van der Waals surface area contributed by atoms with Gasteiger partial charge in [0.1, 0.15) is 5.82 Å². The summed E-state index contributed by atoms with van der Waals surface area (Å²) in [6.45, 7) is 3.77. The molecule has 1 atom stereocenters. The fourth-order valence-corrected chi connectivity index (χ4v) is 2.86. The van der Waals surface area contributed by atoms with Crippen LogP contribution in [0.15, 0.2) is 30.3 Å². The maximum atomic E-state index is 13.9. The van der Waals surface area contributed by atoms with Gasteiger partial charge in [-0.25, -0.2) is 4.39 Å². The molecular weight excluding hydrogens is 243 g/mol. The molecule has 1 unspecified atom stereocenters. The maximum Gasteiger partial charge on any atom is 0.131 e. The van der Waals surface area contributed by atoms with Crippen molar-refractivity contribution in [2.24, 2.45) is 0 Å². The van der Waals surface area contributed by atoms with E-state index in [9.17, 15) is 4.39 Å². The van der Waals surface area contributed by atoms with Crippen LogP contribution in [0.2, 0.25) is 0 Å². The zero-order valence-corrected chi connectivity index (χ0v) is 10.7. The predicted octanol–water partition coefficient (Wildman–Crippen LogP) is 4.83. The summed E-state index contributed by atoms with van der Waals surface area (Å²) in [4.78, 5) is 2.18. The number of alkyl halides is 1. The first kappa shape index (κ1) is 11.6. The van der Waals surface area contributed by atoms with Crippen LogP contribution < -0.4 is 0 Å². The first-order chi connectivity index (χ1) is 7.59. The van der Waals surface area contributed by atoms with Crippen LogP contribution in [0.3, 0.4) is 0 Å². The minimum atomic E-state index is -0.390. The van der Waals surface area contributed by atoms with Gasteiger partial charge >= 0.3 is 0 Å². The Hall–Kier alpha value is -0.860. The molecule has 1 aromatic carbocycles. The Labute approximate surface area is 104 Å². The highest BCUT2D eigenvalue weighted by atomic mass is 35.5. The topological polar surface area (TPSA) is 0 Å². The molecule has 3 heteroatoms. The quantitative estimate of drug-likeness (QED) is 0.673. The molecule has 1 heterocycles. The molecule has 0 amide bonds. The average Bonchev–Trinajstić information content (AvgIpc) is 2.68. The van der Waals surface area contributed by atoms with Crippen molar-refractivity contribution in [1.82, 2.24) is 0 Å². The Morgan fingerprint density at radius 2 is 1.94 bits per heavy atom. The third-order valence-electron chi connectivity index (χ3n) is 2.51. The Kier molecular flexibility index (Phi) is 3.31. The SMILES string of the molecule is Cc1ccc(C(Cl)c2cccc(C)c2F)s1. The van der Waals surface area contributed by atoms with Crippen molar-refractivity contribution in [2.75, 3.05) is 0 Å². The van der Waals surface area contributed by atoms with E-state index in [1.807, 2.05) is 25.1 Å². The van der Waals surface area contributed by atoms with Gasteiger partial charge in [0.2, 0.25) is 0 Å². The number of halogens is 2. The molecule has 1 aromatic heterocycles. The fourth-order valence-electron chi connectivity index (χ4n) is 1.61. The lowest BCUT2D eigenvalue weighted by molar-refractivity contribution is 0.604. The van der Waals surface area contributed by atoms with E-state index in [1.165, 1.54) is 4.88 Å². The van der Waals surface area contributed by atoms with Gasteiger partial charge in [-0.15, -0.1) is 22.9 Å². The number of aryl methyl sites for hydroxylation is 2. The minimum Gasteiger partial charge on any atom is -0.206 e. The molecule has 0 fully saturated rings. The Morgan fingerprint density at radius 3 is 2.56 bits per heavy atom. The van der Waals surface area contributed by atoms with Crippen LogP contribution >= 0.6 is 22.9 Å². The third kappa shape index (κ3) is 2.13. The van der Waals surface area contributed by atoms with E-state index in [-0.39, 0.29) is 5.82 Å². The van der Waals surface area contributed by atoms with Crippen LogP contribution in [-0.2, 0) is 0 Å². The lowest BCUT2D eigenvalue weighted by Crippen LogP contribution is -1.96. The molecule has 0 bridgehead atoms. The van der Waals surface area contributed by atoms with Crippen LogP contribution in [0.4, 0.5) is 4.39 Å². The highest BCUT2D eigenvalue weighted by Crippen LogP contribution is 2.35. The second-order valence-corrected chi connectivity index (χ2v) is 5.55. The van der Waals surface area contributed by atoms with Crippen molar-refractivity contribution >= 4 is 22.9 Å². The fraction of sp³-hybridized carbons (Fsp3) is 0.231. The standard InChI is InChI=1S/C13H12ClFS/c1-8-4-3-5-10(13(8)15)12(14)11-7-6-9(2)16-11/h3-7,12H,1-2H3. The van der Waals surface area contributed by atoms with Crippen molar-refractivity contribution in [3.8, 4) is 0 Å². The molecule has 2 rings (SSSR count). The average molecular weight is 255 g/mol. The summed E-state index contributed by atoms with van der Waals surface area (Å²) in [5, 5.41) is -0.390. The molecule has 0 spiro atoms. The predicted molar refractivity (Wildman–Crippen MR) is 67.9 cm³/mol. The normalized spacial score (nSPS) is 12.8. The summed E-state index contributed by atoms with van der Waals surface area (Å²) in [6, 6.07) is 9.29. The number of hydrogen-bond acceptors (Lipinski definition) is 1. The minimum absolute atomic E-state index is 0.200. The van der Waals surface area contributed by atoms with Crippen molar-refractivity contribution in [2.45, 2.75) is 19.2 Å². The van der Waals surface area contributed by atoms with Crippen LogP contribution in [0.1, 0.15) is 26.3 Å². The highest BCUT2D eigenvalue weighted by Gasteiger charge is 2.17. The number of hydrogen-bond donors (Lipinski definition) is 0. The van der Waals surface area contributed by atoms with Crippen LogP contribution in [0.25, 0.3) is 0 Å². The highest BCUT2D eigenvalue weighted by molar-refractivity contribution is 7.12. The van der Waals surface area contributed by atoms with E-state index in [0.717, 1.165) is 4.88 Å². The summed E-state index contributed by atoms with van der Waals surface area (Å²) < 4.78 is 13.9. The molecule has 0 saturated heterocycles. The van der Waals surface area contributed by atoms with E-state index in [0.29, 0.717) is 11.1 Å². The zero-order chi connectivity index (χ0) is 11.7. The van der Waals surface area contributed by atoms with Gasteiger partial charge in [0, 0.05) is 15.3 Å². The molecule has 0 nitrogen and oxygen atoms in total.